The molecular formula is C22H24N2O4S. The summed E-state index contributed by atoms with van der Waals surface area (Å²) in [6.07, 6.45) is 4.15. The summed E-state index contributed by atoms with van der Waals surface area (Å²) >= 11 is 0. The lowest BCUT2D eigenvalue weighted by molar-refractivity contribution is -0.155. The minimum absolute atomic E-state index is 0.0555. The summed E-state index contributed by atoms with van der Waals surface area (Å²) in [6, 6.07) is 16.0. The molecule has 1 atom stereocenters. The number of rotatable bonds is 6. The summed E-state index contributed by atoms with van der Waals surface area (Å²) in [7, 11) is -4.00. The fourth-order valence-corrected chi connectivity index (χ4v) is 4.63. The molecule has 7 heteroatoms. The molecule has 0 bridgehead atoms. The van der Waals surface area contributed by atoms with Crippen molar-refractivity contribution in [3.8, 4) is 0 Å². The zero-order valence-corrected chi connectivity index (χ0v) is 17.3. The van der Waals surface area contributed by atoms with E-state index in [1.54, 1.807) is 38.1 Å². The van der Waals surface area contributed by atoms with Crippen molar-refractivity contribution in [2.75, 3.05) is 6.54 Å². The largest absolute Gasteiger partial charge is 0.328 e. The van der Waals surface area contributed by atoms with Gasteiger partial charge in [-0.3, -0.25) is 9.59 Å². The number of nitrogens with one attached hydrogen (secondary N) is 1. The highest BCUT2D eigenvalue weighted by Crippen LogP contribution is 2.32. The molecule has 1 unspecified atom stereocenters. The molecule has 0 radical (unpaired) electrons. The minimum atomic E-state index is -4.00. The van der Waals surface area contributed by atoms with Crippen LogP contribution in [0.5, 0.6) is 0 Å². The Balaban J connectivity index is 1.67. The van der Waals surface area contributed by atoms with Crippen molar-refractivity contribution < 1.29 is 18.0 Å². The molecule has 152 valence electrons. The lowest BCUT2D eigenvalue weighted by atomic mass is 9.85. The van der Waals surface area contributed by atoms with Crippen LogP contribution < -0.4 is 4.72 Å². The smallest absolute Gasteiger partial charge is 0.264 e. The lowest BCUT2D eigenvalue weighted by Crippen LogP contribution is -2.67. The lowest BCUT2D eigenvalue weighted by Gasteiger charge is -2.48. The predicted octanol–water partition coefficient (Wildman–Crippen LogP) is 2.89. The number of hydrogen-bond donors (Lipinski definition) is 1. The van der Waals surface area contributed by atoms with Gasteiger partial charge in [-0.1, -0.05) is 60.7 Å². The van der Waals surface area contributed by atoms with Crippen molar-refractivity contribution in [2.24, 2.45) is 0 Å². The van der Waals surface area contributed by atoms with Gasteiger partial charge >= 0.3 is 0 Å². The highest BCUT2D eigenvalue weighted by atomic mass is 32.2. The Morgan fingerprint density at radius 2 is 1.76 bits per heavy atom. The Labute approximate surface area is 171 Å². The van der Waals surface area contributed by atoms with Crippen LogP contribution in [0.1, 0.15) is 30.9 Å². The Morgan fingerprint density at radius 3 is 2.38 bits per heavy atom. The van der Waals surface area contributed by atoms with Gasteiger partial charge in [0.25, 0.3) is 15.9 Å². The molecule has 1 heterocycles. The summed E-state index contributed by atoms with van der Waals surface area (Å²) < 4.78 is 27.4. The van der Waals surface area contributed by atoms with E-state index in [1.165, 1.54) is 11.0 Å². The Hall–Kier alpha value is -2.93. The number of sulfonamides is 1. The maximum Gasteiger partial charge on any atom is 0.264 e. The first kappa shape index (κ1) is 20.8. The van der Waals surface area contributed by atoms with E-state index in [4.69, 9.17) is 0 Å². The third-order valence-electron chi connectivity index (χ3n) is 5.22. The van der Waals surface area contributed by atoms with Gasteiger partial charge in [0.2, 0.25) is 5.91 Å². The topological polar surface area (TPSA) is 83.6 Å². The van der Waals surface area contributed by atoms with Crippen LogP contribution in [0.2, 0.25) is 0 Å². The molecule has 29 heavy (non-hydrogen) atoms. The van der Waals surface area contributed by atoms with Crippen molar-refractivity contribution in [3.05, 3.63) is 71.8 Å². The number of benzene rings is 2. The molecule has 2 aromatic rings. The van der Waals surface area contributed by atoms with E-state index >= 15 is 0 Å². The summed E-state index contributed by atoms with van der Waals surface area (Å²) in [4.78, 5) is 26.8. The Bertz CT molecular complexity index is 1050. The monoisotopic (exact) mass is 412 g/mol. The minimum Gasteiger partial charge on any atom is -0.328 e. The van der Waals surface area contributed by atoms with Crippen LogP contribution in [0.3, 0.4) is 0 Å². The molecule has 0 aromatic heterocycles. The summed E-state index contributed by atoms with van der Waals surface area (Å²) in [6.45, 7) is 3.68. The van der Waals surface area contributed by atoms with Crippen LogP contribution in [0.15, 0.2) is 65.6 Å². The molecule has 0 spiro atoms. The van der Waals surface area contributed by atoms with E-state index in [-0.39, 0.29) is 17.2 Å². The molecule has 1 saturated heterocycles. The number of aryl methyl sites for hydroxylation is 1. The molecular weight excluding hydrogens is 388 g/mol. The van der Waals surface area contributed by atoms with Gasteiger partial charge in [-0.15, -0.1) is 0 Å². The molecule has 1 N–H and O–H groups in total. The highest BCUT2D eigenvalue weighted by molar-refractivity contribution is 7.90. The molecule has 0 aliphatic carbocycles. The fourth-order valence-electron chi connectivity index (χ4n) is 3.31. The van der Waals surface area contributed by atoms with Gasteiger partial charge in [0.05, 0.1) is 4.90 Å². The van der Waals surface area contributed by atoms with Crippen LogP contribution in [-0.4, -0.2) is 37.2 Å². The predicted molar refractivity (Wildman–Crippen MR) is 111 cm³/mol. The van der Waals surface area contributed by atoms with Crippen LogP contribution in [0.25, 0.3) is 6.08 Å². The molecule has 6 nitrogen and oxygen atoms in total. The van der Waals surface area contributed by atoms with E-state index in [1.807, 2.05) is 36.4 Å². The number of carbonyl (C=O) groups is 2. The van der Waals surface area contributed by atoms with E-state index in [0.29, 0.717) is 18.5 Å². The second kappa shape index (κ2) is 8.21. The molecule has 1 fully saturated rings. The summed E-state index contributed by atoms with van der Waals surface area (Å²) in [5, 5.41) is 0. The maximum absolute atomic E-state index is 12.8. The summed E-state index contributed by atoms with van der Waals surface area (Å²) in [5.41, 5.74) is 0.354. The quantitative estimate of drug-likeness (QED) is 0.791. The first-order valence-corrected chi connectivity index (χ1v) is 10.9. The molecule has 0 saturated carbocycles. The van der Waals surface area contributed by atoms with E-state index in [2.05, 4.69) is 4.72 Å². The number of carbonyl (C=O) groups excluding carboxylic acids is 2. The van der Waals surface area contributed by atoms with Crippen molar-refractivity contribution in [3.63, 3.8) is 0 Å². The highest BCUT2D eigenvalue weighted by Gasteiger charge is 2.50. The fraction of sp³-hybridized carbons (Fsp3) is 0.273. The van der Waals surface area contributed by atoms with Gasteiger partial charge in [-0.05, 0) is 37.5 Å². The molecule has 2 amide bonds. The third-order valence-corrected chi connectivity index (χ3v) is 6.71. The maximum atomic E-state index is 12.8. The van der Waals surface area contributed by atoms with Crippen LogP contribution in [0.4, 0.5) is 0 Å². The molecule has 1 aliphatic rings. The van der Waals surface area contributed by atoms with Gasteiger partial charge in [0, 0.05) is 13.0 Å². The van der Waals surface area contributed by atoms with Gasteiger partial charge in [0.1, 0.15) is 5.54 Å². The summed E-state index contributed by atoms with van der Waals surface area (Å²) in [5.74, 6) is -0.901. The van der Waals surface area contributed by atoms with Crippen molar-refractivity contribution >= 4 is 27.9 Å². The van der Waals surface area contributed by atoms with Crippen molar-refractivity contribution in [1.29, 1.82) is 0 Å². The van der Waals surface area contributed by atoms with Gasteiger partial charge in [0.15, 0.2) is 0 Å². The first-order valence-electron chi connectivity index (χ1n) is 9.39. The van der Waals surface area contributed by atoms with E-state index in [9.17, 15) is 18.0 Å². The molecule has 1 aliphatic heterocycles. The van der Waals surface area contributed by atoms with Crippen molar-refractivity contribution in [1.82, 2.24) is 9.62 Å². The standard InChI is InChI=1S/C22H24N2O4S/c1-17-9-6-7-13-19(17)29(27,28)23-21(26)22(2)15-16-24(22)20(25)14-8-12-18-10-4-3-5-11-18/h3-13H,14-16H2,1-2H3,(H,23,26)/b12-8+. The van der Waals surface area contributed by atoms with E-state index < -0.39 is 21.5 Å². The first-order chi connectivity index (χ1) is 13.7. The van der Waals surface area contributed by atoms with Crippen molar-refractivity contribution in [2.45, 2.75) is 37.1 Å². The van der Waals surface area contributed by atoms with Gasteiger partial charge < -0.3 is 4.90 Å². The number of likely N-dealkylation sites (tertiary alicyclic amines) is 1. The number of hydrogen-bond acceptors (Lipinski definition) is 4. The molecule has 2 aromatic carbocycles. The molecule has 3 rings (SSSR count). The van der Waals surface area contributed by atoms with Crippen LogP contribution >= 0.6 is 0 Å². The Kier molecular flexibility index (Phi) is 5.88. The zero-order chi connectivity index (χ0) is 21.1. The Morgan fingerprint density at radius 1 is 1.10 bits per heavy atom. The van der Waals surface area contributed by atoms with Gasteiger partial charge in [-0.25, -0.2) is 13.1 Å². The van der Waals surface area contributed by atoms with Crippen LogP contribution in [0, 0.1) is 6.92 Å². The average molecular weight is 413 g/mol. The van der Waals surface area contributed by atoms with Gasteiger partial charge in [-0.2, -0.15) is 0 Å². The second-order valence-electron chi connectivity index (χ2n) is 7.29. The SMILES string of the molecule is Cc1ccccc1S(=O)(=O)NC(=O)C1(C)CCN1C(=O)C/C=C/c1ccccc1. The third kappa shape index (κ3) is 4.40. The average Bonchev–Trinajstić information content (AvgIpc) is 2.67. The normalized spacial score (nSPS) is 19.0. The van der Waals surface area contributed by atoms with Crippen LogP contribution in [-0.2, 0) is 19.6 Å². The van der Waals surface area contributed by atoms with E-state index in [0.717, 1.165) is 5.56 Å². The second-order valence-corrected chi connectivity index (χ2v) is 8.94. The number of amides is 2. The zero-order valence-electron chi connectivity index (χ0n) is 16.5. The number of nitrogens with zero attached hydrogens (tertiary/aromatic N) is 1.